The number of aliphatic hydroxyl groups excluding tert-OH is 8. The predicted octanol–water partition coefficient (Wildman–Crippen LogP) is -4.60. The topological polar surface area (TPSA) is 362 Å². The Bertz CT molecular complexity index is 1200. The molecule has 22 heteroatoms. The Morgan fingerprint density at radius 1 is 0.574 bits per heavy atom. The number of aliphatic hydroxyl groups is 8. The number of esters is 5. The second-order valence-electron chi connectivity index (χ2n) is 11.6. The van der Waals surface area contributed by atoms with E-state index in [4.69, 9.17) is 49.6 Å². The van der Waals surface area contributed by atoms with E-state index in [0.717, 1.165) is 27.7 Å². The third-order valence-electron chi connectivity index (χ3n) is 6.18. The summed E-state index contributed by atoms with van der Waals surface area (Å²) in [6.07, 6.45) is -16.6. The van der Waals surface area contributed by atoms with Gasteiger partial charge in [-0.05, 0) is 27.7 Å². The maximum Gasteiger partial charge on any atom is 0.318 e. The summed E-state index contributed by atoms with van der Waals surface area (Å²) in [5.41, 5.74) is 0. The summed E-state index contributed by atoms with van der Waals surface area (Å²) in [5, 5.41) is 73.4. The van der Waals surface area contributed by atoms with Gasteiger partial charge < -0.3 is 64.5 Å². The van der Waals surface area contributed by atoms with Crippen LogP contribution in [-0.2, 0) is 66.8 Å². The van der Waals surface area contributed by atoms with Gasteiger partial charge in [-0.2, -0.15) is 0 Å². The molecule has 54 heavy (non-hydrogen) atoms. The molecule has 0 amide bonds. The fraction of sp³-hybridized carbons (Fsp3) is 0.656. The molecule has 1 aliphatic heterocycles. The maximum absolute atomic E-state index is 11.9. The summed E-state index contributed by atoms with van der Waals surface area (Å²) in [6.45, 7) is 4.55. The van der Waals surface area contributed by atoms with Crippen molar-refractivity contribution >= 4 is 53.0 Å². The molecule has 8 N–H and O–H groups in total. The fourth-order valence-electron chi connectivity index (χ4n) is 3.52. The van der Waals surface area contributed by atoms with Gasteiger partial charge in [0.15, 0.2) is 12.2 Å². The van der Waals surface area contributed by atoms with Crippen LogP contribution in [0.5, 0.6) is 0 Å². The van der Waals surface area contributed by atoms with E-state index in [2.05, 4.69) is 11.3 Å². The minimum Gasteiger partial charge on any atom is -0.461 e. The van der Waals surface area contributed by atoms with E-state index < -0.39 is 148 Å². The van der Waals surface area contributed by atoms with Gasteiger partial charge in [-0.1, -0.05) is 6.58 Å². The van der Waals surface area contributed by atoms with Crippen molar-refractivity contribution in [3.05, 3.63) is 12.3 Å². The number of rotatable bonds is 22. The average molecular weight is 785 g/mol. The van der Waals surface area contributed by atoms with Gasteiger partial charge in [-0.15, -0.1) is 0 Å². The molecule has 0 aromatic rings. The third-order valence-corrected chi connectivity index (χ3v) is 6.18. The van der Waals surface area contributed by atoms with Crippen LogP contribution in [0.3, 0.4) is 0 Å². The van der Waals surface area contributed by atoms with Crippen LogP contribution in [0.15, 0.2) is 12.3 Å². The van der Waals surface area contributed by atoms with Gasteiger partial charge in [-0.25, -0.2) is 0 Å². The van der Waals surface area contributed by atoms with E-state index in [9.17, 15) is 53.4 Å². The minimum atomic E-state index is -2.15. The lowest BCUT2D eigenvalue weighted by Gasteiger charge is -2.30. The van der Waals surface area contributed by atoms with Crippen molar-refractivity contribution in [1.29, 1.82) is 0 Å². The highest BCUT2D eigenvalue weighted by Gasteiger charge is 2.38. The molecule has 8 atom stereocenters. The summed E-state index contributed by atoms with van der Waals surface area (Å²) in [4.78, 5) is 102. The zero-order valence-corrected chi connectivity index (χ0v) is 30.0. The lowest BCUT2D eigenvalue weighted by atomic mass is 10.0. The summed E-state index contributed by atoms with van der Waals surface area (Å²) in [6, 6.07) is 0. The first kappa shape index (κ1) is 51.6. The molecule has 308 valence electrons. The fourth-order valence-corrected chi connectivity index (χ4v) is 3.52. The normalized spacial score (nSPS) is 16.1. The number of hydrogen-bond donors (Lipinski definition) is 8. The summed E-state index contributed by atoms with van der Waals surface area (Å²) < 4.78 is 23.7. The van der Waals surface area contributed by atoms with E-state index in [0.29, 0.717) is 12.2 Å². The van der Waals surface area contributed by atoms with E-state index in [1.807, 2.05) is 0 Å². The number of ketones is 4. The molecule has 0 aromatic heterocycles. The predicted molar refractivity (Wildman–Crippen MR) is 173 cm³/mol. The molecule has 0 aliphatic carbocycles. The zero-order valence-electron chi connectivity index (χ0n) is 30.0. The van der Waals surface area contributed by atoms with Crippen LogP contribution in [0.4, 0.5) is 0 Å². The van der Waals surface area contributed by atoms with Gasteiger partial charge in [0.2, 0.25) is 0 Å². The Balaban J connectivity index is 0. The minimum absolute atomic E-state index is 0.167. The molecule has 1 aliphatic rings. The smallest absolute Gasteiger partial charge is 0.318 e. The molecule has 0 bridgehead atoms. The molecule has 0 radical (unpaired) electrons. The molecule has 8 unspecified atom stereocenters. The van der Waals surface area contributed by atoms with Gasteiger partial charge >= 0.3 is 29.8 Å². The zero-order chi connectivity index (χ0) is 42.3. The number of hydrogen-bond acceptors (Lipinski definition) is 22. The quantitative estimate of drug-likeness (QED) is 0.0291. The number of ether oxygens (including phenoxy) is 5. The van der Waals surface area contributed by atoms with Crippen molar-refractivity contribution in [2.45, 2.75) is 109 Å². The largest absolute Gasteiger partial charge is 0.461 e. The van der Waals surface area contributed by atoms with Crippen LogP contribution < -0.4 is 0 Å². The van der Waals surface area contributed by atoms with E-state index in [1.54, 1.807) is 0 Å². The first-order valence-corrected chi connectivity index (χ1v) is 15.8. The highest BCUT2D eigenvalue weighted by molar-refractivity contribution is 5.95. The summed E-state index contributed by atoms with van der Waals surface area (Å²) >= 11 is 0. The van der Waals surface area contributed by atoms with Crippen molar-refractivity contribution in [3.63, 3.8) is 0 Å². The molecule has 1 fully saturated rings. The average Bonchev–Trinajstić information content (AvgIpc) is 3.05. The Morgan fingerprint density at radius 3 is 1.06 bits per heavy atom. The molecule has 1 rings (SSSR count). The van der Waals surface area contributed by atoms with Crippen molar-refractivity contribution in [1.82, 2.24) is 0 Å². The van der Waals surface area contributed by atoms with E-state index >= 15 is 0 Å². The van der Waals surface area contributed by atoms with Crippen LogP contribution in [-0.4, -0.2) is 169 Å². The van der Waals surface area contributed by atoms with Crippen LogP contribution in [0.1, 0.15) is 59.8 Å². The monoisotopic (exact) mass is 784 g/mol. The summed E-state index contributed by atoms with van der Waals surface area (Å²) in [7, 11) is 0. The summed E-state index contributed by atoms with van der Waals surface area (Å²) in [5.74, 6) is -6.27. The molecule has 0 aromatic carbocycles. The Kier molecular flexibility index (Phi) is 25.9. The lowest BCUT2D eigenvalue weighted by Crippen LogP contribution is -2.51. The molecular weight excluding hydrogens is 736 g/mol. The van der Waals surface area contributed by atoms with Gasteiger partial charge in [0.25, 0.3) is 0 Å². The molecule has 0 saturated carbocycles. The van der Waals surface area contributed by atoms with Crippen molar-refractivity contribution in [3.8, 4) is 0 Å². The molecule has 1 saturated heterocycles. The van der Waals surface area contributed by atoms with Crippen molar-refractivity contribution in [2.24, 2.45) is 0 Å². The van der Waals surface area contributed by atoms with Gasteiger partial charge in [-0.3, -0.25) is 43.2 Å². The molecular formula is C32H48O22. The Morgan fingerprint density at radius 2 is 0.852 bits per heavy atom. The Hall–Kier alpha value is -4.55. The second kappa shape index (κ2) is 27.1. The number of carbonyl (C=O) groups excluding carboxylic acids is 9. The third kappa shape index (κ3) is 23.9. The van der Waals surface area contributed by atoms with Gasteiger partial charge in [0.1, 0.15) is 111 Å². The number of carbonyl (C=O) groups is 9. The van der Waals surface area contributed by atoms with Crippen molar-refractivity contribution < 1.29 is 108 Å². The highest BCUT2D eigenvalue weighted by Crippen LogP contribution is 2.15. The van der Waals surface area contributed by atoms with Crippen LogP contribution in [0.25, 0.3) is 0 Å². The molecule has 1 heterocycles. The Labute approximate surface area is 308 Å². The number of Topliss-reactive ketones (excluding diaryl/α,β-unsaturated/α-hetero) is 4. The van der Waals surface area contributed by atoms with Crippen LogP contribution in [0.2, 0.25) is 0 Å². The van der Waals surface area contributed by atoms with Crippen molar-refractivity contribution in [2.75, 3.05) is 26.4 Å². The molecule has 22 nitrogen and oxygen atoms in total. The van der Waals surface area contributed by atoms with Gasteiger partial charge in [0, 0.05) is 0 Å². The first-order valence-electron chi connectivity index (χ1n) is 15.8. The van der Waals surface area contributed by atoms with E-state index in [-0.39, 0.29) is 5.97 Å². The van der Waals surface area contributed by atoms with Gasteiger partial charge in [0.05, 0.1) is 13.2 Å². The number of cyclic esters (lactones) is 1. The lowest BCUT2D eigenvalue weighted by molar-refractivity contribution is -0.189. The highest BCUT2D eigenvalue weighted by atomic mass is 16.6. The van der Waals surface area contributed by atoms with Crippen LogP contribution in [0, 0.1) is 0 Å². The maximum atomic E-state index is 11.9. The first-order chi connectivity index (χ1) is 24.9. The SMILES string of the molecule is C=C1CC(=O)O1.CC(=O)CC(=O)OCC(OC(=O)CC(C)=O)C(O)C(O)C(COC(=O)CC(C)=O)OC(=O)CC(C)=O.OCC(O)C(O)C(O)C(O)CO. The molecule has 0 spiro atoms. The second-order valence-corrected chi connectivity index (χ2v) is 11.6. The van der Waals surface area contributed by atoms with E-state index in [1.165, 1.54) is 0 Å². The van der Waals surface area contributed by atoms with Crippen LogP contribution >= 0.6 is 0 Å². The standard InChI is InChI=1S/C22H30O14.C6H14O6.C4H4O2/c1-11(23)5-17(27)33-9-15(35-19(29)7-13(3)25)21(31)22(32)16(36-20(30)8-14(4)26)10-34-18(28)6-12(2)24;7-1-3(9)5(11)6(12)4(10)2-8;1-3-2-4(5)6-3/h15-16,21-22,31-32H,5-10H2,1-4H3;3-12H,1-2H2;1-2H2.